The van der Waals surface area contributed by atoms with E-state index in [-0.39, 0.29) is 6.10 Å². The molecule has 80 valence electrons. The summed E-state index contributed by atoms with van der Waals surface area (Å²) in [4.78, 5) is 4.96. The van der Waals surface area contributed by atoms with Crippen molar-refractivity contribution in [2.24, 2.45) is 0 Å². The molecule has 1 aromatic rings. The number of nitrogens with zero attached hydrogens (tertiary/aromatic N) is 1. The van der Waals surface area contributed by atoms with E-state index in [9.17, 15) is 5.11 Å². The maximum absolute atomic E-state index is 9.74. The largest absolute Gasteiger partial charge is 0.388 e. The van der Waals surface area contributed by atoms with Crippen molar-refractivity contribution < 1.29 is 5.11 Å². The number of thiazole rings is 1. The Morgan fingerprint density at radius 1 is 1.36 bits per heavy atom. The van der Waals surface area contributed by atoms with Crippen LogP contribution < -0.4 is 0 Å². The monoisotopic (exact) mass is 213 g/mol. The second-order valence-electron chi connectivity index (χ2n) is 3.62. The number of aliphatic hydroxyl groups excluding tert-OH is 1. The molecule has 0 fully saturated rings. The molecule has 3 heteroatoms. The van der Waals surface area contributed by atoms with Crippen LogP contribution in [0.1, 0.15) is 56.4 Å². The van der Waals surface area contributed by atoms with Crippen molar-refractivity contribution in [1.82, 2.24) is 4.98 Å². The van der Waals surface area contributed by atoms with Gasteiger partial charge in [0.25, 0.3) is 0 Å². The Bertz CT molecular complexity index is 223. The molecule has 1 rings (SSSR count). The molecule has 0 aromatic carbocycles. The first-order chi connectivity index (χ1) is 6.84. The molecule has 1 atom stereocenters. The van der Waals surface area contributed by atoms with Crippen LogP contribution in [0.3, 0.4) is 0 Å². The molecule has 0 spiro atoms. The van der Waals surface area contributed by atoms with Gasteiger partial charge in [-0.3, -0.25) is 4.98 Å². The highest BCUT2D eigenvalue weighted by molar-refractivity contribution is 7.09. The lowest BCUT2D eigenvalue weighted by atomic mass is 10.1. The molecule has 1 aromatic heterocycles. The SMILES string of the molecule is CCCCCCCC(O)c1cncs1. The van der Waals surface area contributed by atoms with Gasteiger partial charge in [-0.15, -0.1) is 11.3 Å². The minimum Gasteiger partial charge on any atom is -0.388 e. The maximum Gasteiger partial charge on any atom is 0.0898 e. The predicted molar refractivity (Wildman–Crippen MR) is 60.4 cm³/mol. The van der Waals surface area contributed by atoms with E-state index in [4.69, 9.17) is 0 Å². The van der Waals surface area contributed by atoms with Crippen LogP contribution >= 0.6 is 11.3 Å². The molecule has 0 aliphatic carbocycles. The Morgan fingerprint density at radius 3 is 2.79 bits per heavy atom. The van der Waals surface area contributed by atoms with E-state index in [0.29, 0.717) is 0 Å². The van der Waals surface area contributed by atoms with Gasteiger partial charge in [-0.25, -0.2) is 0 Å². The van der Waals surface area contributed by atoms with Crippen LogP contribution in [0.4, 0.5) is 0 Å². The fraction of sp³-hybridized carbons (Fsp3) is 0.727. The van der Waals surface area contributed by atoms with Gasteiger partial charge in [0.2, 0.25) is 0 Å². The van der Waals surface area contributed by atoms with Crippen LogP contribution in [0.2, 0.25) is 0 Å². The zero-order valence-corrected chi connectivity index (χ0v) is 9.59. The van der Waals surface area contributed by atoms with Crippen molar-refractivity contribution >= 4 is 11.3 Å². The van der Waals surface area contributed by atoms with Crippen LogP contribution in [0.15, 0.2) is 11.7 Å². The Labute approximate surface area is 90.0 Å². The van der Waals surface area contributed by atoms with Gasteiger partial charge in [0.05, 0.1) is 16.5 Å². The Kier molecular flexibility index (Phi) is 5.80. The van der Waals surface area contributed by atoms with Crippen molar-refractivity contribution in [3.05, 3.63) is 16.6 Å². The summed E-state index contributed by atoms with van der Waals surface area (Å²) >= 11 is 1.54. The molecule has 2 nitrogen and oxygen atoms in total. The van der Waals surface area contributed by atoms with Gasteiger partial charge < -0.3 is 5.11 Å². The predicted octanol–water partition coefficient (Wildman–Crippen LogP) is 3.54. The van der Waals surface area contributed by atoms with Crippen LogP contribution in [0.25, 0.3) is 0 Å². The molecule has 0 aliphatic rings. The van der Waals surface area contributed by atoms with Gasteiger partial charge in [0, 0.05) is 6.20 Å². The molecule has 0 saturated heterocycles. The minimum atomic E-state index is -0.288. The highest BCUT2D eigenvalue weighted by Gasteiger charge is 2.07. The summed E-state index contributed by atoms with van der Waals surface area (Å²) in [6.45, 7) is 2.21. The van der Waals surface area contributed by atoms with Gasteiger partial charge in [0.1, 0.15) is 0 Å². The lowest BCUT2D eigenvalue weighted by Gasteiger charge is -2.06. The molecule has 0 amide bonds. The van der Waals surface area contributed by atoms with Gasteiger partial charge in [-0.1, -0.05) is 39.0 Å². The average molecular weight is 213 g/mol. The van der Waals surface area contributed by atoms with Crippen molar-refractivity contribution in [3.63, 3.8) is 0 Å². The van der Waals surface area contributed by atoms with Gasteiger partial charge in [-0.2, -0.15) is 0 Å². The summed E-state index contributed by atoms with van der Waals surface area (Å²) in [5.41, 5.74) is 1.77. The number of hydrogen-bond acceptors (Lipinski definition) is 3. The summed E-state index contributed by atoms with van der Waals surface area (Å²) in [5, 5.41) is 9.74. The fourth-order valence-corrected chi connectivity index (χ4v) is 2.11. The summed E-state index contributed by atoms with van der Waals surface area (Å²) in [5.74, 6) is 0. The lowest BCUT2D eigenvalue weighted by molar-refractivity contribution is 0.167. The third-order valence-corrected chi connectivity index (χ3v) is 3.24. The first kappa shape index (κ1) is 11.7. The average Bonchev–Trinajstić information content (AvgIpc) is 2.70. The van der Waals surface area contributed by atoms with Gasteiger partial charge >= 0.3 is 0 Å². The van der Waals surface area contributed by atoms with E-state index in [1.807, 2.05) is 0 Å². The van der Waals surface area contributed by atoms with E-state index in [2.05, 4.69) is 11.9 Å². The topological polar surface area (TPSA) is 33.1 Å². The fourth-order valence-electron chi connectivity index (χ4n) is 1.47. The Morgan fingerprint density at radius 2 is 2.14 bits per heavy atom. The molecule has 1 unspecified atom stereocenters. The van der Waals surface area contributed by atoms with Crippen molar-refractivity contribution in [2.45, 2.75) is 51.6 Å². The normalized spacial score (nSPS) is 13.0. The van der Waals surface area contributed by atoms with Crippen LogP contribution in [0, 0.1) is 0 Å². The molecule has 0 bridgehead atoms. The number of hydrogen-bond donors (Lipinski definition) is 1. The molecule has 1 heterocycles. The highest BCUT2D eigenvalue weighted by atomic mass is 32.1. The molecule has 14 heavy (non-hydrogen) atoms. The molecule has 1 N–H and O–H groups in total. The minimum absolute atomic E-state index is 0.288. The molecule has 0 saturated carbocycles. The molecular weight excluding hydrogens is 194 g/mol. The van der Waals surface area contributed by atoms with Crippen molar-refractivity contribution in [1.29, 1.82) is 0 Å². The number of unbranched alkanes of at least 4 members (excludes halogenated alkanes) is 4. The zero-order valence-electron chi connectivity index (χ0n) is 8.78. The van der Waals surface area contributed by atoms with Crippen LogP contribution in [0.5, 0.6) is 0 Å². The van der Waals surface area contributed by atoms with Crippen molar-refractivity contribution in [2.75, 3.05) is 0 Å². The van der Waals surface area contributed by atoms with Gasteiger partial charge in [0.15, 0.2) is 0 Å². The van der Waals surface area contributed by atoms with E-state index >= 15 is 0 Å². The quantitative estimate of drug-likeness (QED) is 0.703. The van der Waals surface area contributed by atoms with E-state index in [0.717, 1.165) is 17.7 Å². The van der Waals surface area contributed by atoms with Crippen LogP contribution in [-0.4, -0.2) is 10.1 Å². The summed E-state index contributed by atoms with van der Waals surface area (Å²) in [6.07, 6.45) is 8.61. The van der Waals surface area contributed by atoms with E-state index < -0.39 is 0 Å². The standard InChI is InChI=1S/C11H19NOS/c1-2-3-4-5-6-7-10(13)11-8-12-9-14-11/h8-10,13H,2-7H2,1H3. The van der Waals surface area contributed by atoms with Crippen molar-refractivity contribution in [3.8, 4) is 0 Å². The summed E-state index contributed by atoms with van der Waals surface area (Å²) in [7, 11) is 0. The van der Waals surface area contributed by atoms with Crippen LogP contribution in [-0.2, 0) is 0 Å². The second-order valence-corrected chi connectivity index (χ2v) is 4.54. The third-order valence-electron chi connectivity index (χ3n) is 2.36. The third kappa shape index (κ3) is 4.20. The zero-order chi connectivity index (χ0) is 10.2. The van der Waals surface area contributed by atoms with E-state index in [1.165, 1.54) is 37.0 Å². The summed E-state index contributed by atoms with van der Waals surface area (Å²) < 4.78 is 0. The smallest absolute Gasteiger partial charge is 0.0898 e. The van der Waals surface area contributed by atoms with E-state index in [1.54, 1.807) is 11.7 Å². The Balaban J connectivity index is 2.07. The molecule has 0 radical (unpaired) electrons. The highest BCUT2D eigenvalue weighted by Crippen LogP contribution is 2.22. The summed E-state index contributed by atoms with van der Waals surface area (Å²) in [6, 6.07) is 0. The number of aliphatic hydroxyl groups is 1. The first-order valence-electron chi connectivity index (χ1n) is 5.41. The molecular formula is C11H19NOS. The number of aromatic nitrogens is 1. The lowest BCUT2D eigenvalue weighted by Crippen LogP contribution is -1.94. The van der Waals surface area contributed by atoms with Gasteiger partial charge in [-0.05, 0) is 6.42 Å². The second kappa shape index (κ2) is 6.96. The maximum atomic E-state index is 9.74. The first-order valence-corrected chi connectivity index (χ1v) is 6.29. The number of rotatable bonds is 7. The Hall–Kier alpha value is -0.410. The molecule has 0 aliphatic heterocycles.